The average molecular weight is 506 g/mol. The molecule has 3 rings (SSSR count). The van der Waals surface area contributed by atoms with Crippen LogP contribution in [-0.4, -0.2) is 74.7 Å². The quantitative estimate of drug-likeness (QED) is 0.362. The van der Waals surface area contributed by atoms with E-state index in [4.69, 9.17) is 9.73 Å². The molecule has 2 saturated heterocycles. The Morgan fingerprint density at radius 3 is 2.50 bits per heavy atom. The first-order chi connectivity index (χ1) is 13.0. The Hall–Kier alpha value is -0.570. The van der Waals surface area contributed by atoms with Crippen molar-refractivity contribution in [1.82, 2.24) is 15.1 Å². The number of carbonyl (C=O) groups is 1. The van der Waals surface area contributed by atoms with Crippen LogP contribution < -0.4 is 5.32 Å². The molecule has 28 heavy (non-hydrogen) atoms. The average Bonchev–Trinajstić information content (AvgIpc) is 3.17. The monoisotopic (exact) mass is 506 g/mol. The number of likely N-dealkylation sites (tertiary alicyclic amines) is 1. The number of hydrogen-bond acceptors (Lipinski definition) is 3. The van der Waals surface area contributed by atoms with Crippen molar-refractivity contribution in [2.75, 3.05) is 46.9 Å². The molecule has 3 atom stereocenters. The smallest absolute Gasteiger partial charge is 0.243 e. The number of rotatable bonds is 4. The summed E-state index contributed by atoms with van der Waals surface area (Å²) in [5, 5.41) is 3.75. The van der Waals surface area contributed by atoms with Crippen LogP contribution >= 0.6 is 24.0 Å². The van der Waals surface area contributed by atoms with Crippen LogP contribution in [-0.2, 0) is 9.53 Å². The second-order valence-electron chi connectivity index (χ2n) is 8.89. The van der Waals surface area contributed by atoms with Gasteiger partial charge in [-0.15, -0.1) is 24.0 Å². The number of carbonyl (C=O) groups excluding carboxylic acids is 1. The molecular formula is C21H39IN4O2. The maximum atomic E-state index is 12.1. The molecule has 6 nitrogen and oxygen atoms in total. The standard InChI is InChI=1S/C21H38N4O2.HI/c1-16-6-4-5-7-19(16)23-21(22-14-20(26)24(2)3)25-11-8-18(15-25)17-9-12-27-13-10-17;/h16-19H,4-15H2,1-3H3,(H,22,23);1H. The van der Waals surface area contributed by atoms with Gasteiger partial charge in [0.1, 0.15) is 6.54 Å². The minimum atomic E-state index is 0. The molecule has 0 spiro atoms. The minimum Gasteiger partial charge on any atom is -0.381 e. The number of aliphatic imine (C=N–C) groups is 1. The first kappa shape index (κ1) is 23.7. The topological polar surface area (TPSA) is 57.2 Å². The number of nitrogens with zero attached hydrogens (tertiary/aromatic N) is 3. The highest BCUT2D eigenvalue weighted by atomic mass is 127. The lowest BCUT2D eigenvalue weighted by Crippen LogP contribution is -2.49. The van der Waals surface area contributed by atoms with E-state index in [-0.39, 0.29) is 36.4 Å². The van der Waals surface area contributed by atoms with Crippen molar-refractivity contribution in [3.63, 3.8) is 0 Å². The van der Waals surface area contributed by atoms with Crippen molar-refractivity contribution < 1.29 is 9.53 Å². The first-order valence-corrected chi connectivity index (χ1v) is 10.9. The number of likely N-dealkylation sites (N-methyl/N-ethyl adjacent to an activating group) is 1. The summed E-state index contributed by atoms with van der Waals surface area (Å²) >= 11 is 0. The number of amides is 1. The van der Waals surface area contributed by atoms with Crippen molar-refractivity contribution in [1.29, 1.82) is 0 Å². The third-order valence-corrected chi connectivity index (χ3v) is 6.75. The maximum absolute atomic E-state index is 12.1. The highest BCUT2D eigenvalue weighted by Gasteiger charge is 2.33. The zero-order chi connectivity index (χ0) is 19.2. The Morgan fingerprint density at radius 1 is 1.11 bits per heavy atom. The van der Waals surface area contributed by atoms with Crippen molar-refractivity contribution in [3.8, 4) is 0 Å². The summed E-state index contributed by atoms with van der Waals surface area (Å²) in [6, 6.07) is 0.481. The van der Waals surface area contributed by atoms with E-state index in [1.807, 2.05) is 0 Å². The Labute approximate surface area is 187 Å². The molecule has 1 saturated carbocycles. The van der Waals surface area contributed by atoms with Gasteiger partial charge in [0.05, 0.1) is 0 Å². The summed E-state index contributed by atoms with van der Waals surface area (Å²) in [5.41, 5.74) is 0. The Kier molecular flexibility index (Phi) is 9.80. The molecule has 162 valence electrons. The van der Waals surface area contributed by atoms with Crippen LogP contribution in [0, 0.1) is 17.8 Å². The van der Waals surface area contributed by atoms with Crippen molar-refractivity contribution >= 4 is 35.8 Å². The van der Waals surface area contributed by atoms with Gasteiger partial charge in [0.2, 0.25) is 5.91 Å². The molecule has 0 aromatic heterocycles. The second kappa shape index (κ2) is 11.6. The van der Waals surface area contributed by atoms with Gasteiger partial charge in [0.25, 0.3) is 0 Å². The van der Waals surface area contributed by atoms with E-state index in [0.29, 0.717) is 12.0 Å². The van der Waals surface area contributed by atoms with Gasteiger partial charge in [-0.05, 0) is 49.9 Å². The van der Waals surface area contributed by atoms with Crippen molar-refractivity contribution in [2.45, 2.75) is 57.9 Å². The molecule has 3 unspecified atom stereocenters. The highest BCUT2D eigenvalue weighted by Crippen LogP contribution is 2.31. The molecule has 0 aromatic carbocycles. The molecule has 2 heterocycles. The molecule has 3 aliphatic rings. The van der Waals surface area contributed by atoms with Crippen LogP contribution in [0.25, 0.3) is 0 Å². The van der Waals surface area contributed by atoms with E-state index in [2.05, 4.69) is 17.1 Å². The SMILES string of the molecule is CC1CCCCC1NC(=NCC(=O)N(C)C)N1CCC(C2CCOCC2)C1.I. The lowest BCUT2D eigenvalue weighted by atomic mass is 9.85. The molecule has 0 bridgehead atoms. The molecule has 1 N–H and O–H groups in total. The molecular weight excluding hydrogens is 467 g/mol. The Balaban J connectivity index is 0.00000280. The predicted molar refractivity (Wildman–Crippen MR) is 124 cm³/mol. The lowest BCUT2D eigenvalue weighted by Gasteiger charge is -2.34. The molecule has 1 aliphatic carbocycles. The van der Waals surface area contributed by atoms with Gasteiger partial charge in [0.15, 0.2) is 5.96 Å². The number of ether oxygens (including phenoxy) is 1. The predicted octanol–water partition coefficient (Wildman–Crippen LogP) is 2.97. The van der Waals surface area contributed by atoms with Gasteiger partial charge in [-0.2, -0.15) is 0 Å². The second-order valence-corrected chi connectivity index (χ2v) is 8.89. The Bertz CT molecular complexity index is 523. The summed E-state index contributed by atoms with van der Waals surface area (Å²) in [6.45, 7) is 6.51. The number of hydrogen-bond donors (Lipinski definition) is 1. The largest absolute Gasteiger partial charge is 0.381 e. The molecule has 7 heteroatoms. The normalized spacial score (nSPS) is 29.3. The van der Waals surface area contributed by atoms with E-state index in [0.717, 1.165) is 44.1 Å². The van der Waals surface area contributed by atoms with E-state index < -0.39 is 0 Å². The summed E-state index contributed by atoms with van der Waals surface area (Å²) in [7, 11) is 3.59. The van der Waals surface area contributed by atoms with Crippen LogP contribution in [0.15, 0.2) is 4.99 Å². The fourth-order valence-corrected chi connectivity index (χ4v) is 4.77. The van der Waals surface area contributed by atoms with Gasteiger partial charge >= 0.3 is 0 Å². The van der Waals surface area contributed by atoms with Crippen LogP contribution in [0.1, 0.15) is 51.9 Å². The molecule has 0 aromatic rings. The van der Waals surface area contributed by atoms with Crippen LogP contribution in [0.4, 0.5) is 0 Å². The number of halogens is 1. The maximum Gasteiger partial charge on any atom is 0.243 e. The summed E-state index contributed by atoms with van der Waals surface area (Å²) in [4.78, 5) is 20.9. The molecule has 1 amide bonds. The third kappa shape index (κ3) is 6.47. The zero-order valence-electron chi connectivity index (χ0n) is 17.9. The first-order valence-electron chi connectivity index (χ1n) is 10.9. The fraction of sp³-hybridized carbons (Fsp3) is 0.905. The van der Waals surface area contributed by atoms with E-state index >= 15 is 0 Å². The fourth-order valence-electron chi connectivity index (χ4n) is 4.77. The lowest BCUT2D eigenvalue weighted by molar-refractivity contribution is -0.127. The van der Waals surface area contributed by atoms with E-state index in [1.165, 1.54) is 44.9 Å². The molecule has 3 fully saturated rings. The molecule has 2 aliphatic heterocycles. The van der Waals surface area contributed by atoms with Crippen LogP contribution in [0.5, 0.6) is 0 Å². The van der Waals surface area contributed by atoms with Gasteiger partial charge in [0, 0.05) is 46.4 Å². The van der Waals surface area contributed by atoms with Gasteiger partial charge < -0.3 is 19.9 Å². The van der Waals surface area contributed by atoms with Gasteiger partial charge in [-0.25, -0.2) is 4.99 Å². The van der Waals surface area contributed by atoms with E-state index in [9.17, 15) is 4.79 Å². The van der Waals surface area contributed by atoms with Crippen molar-refractivity contribution in [3.05, 3.63) is 0 Å². The van der Waals surface area contributed by atoms with Crippen molar-refractivity contribution in [2.24, 2.45) is 22.7 Å². The zero-order valence-corrected chi connectivity index (χ0v) is 20.2. The van der Waals surface area contributed by atoms with Crippen LogP contribution in [0.2, 0.25) is 0 Å². The minimum absolute atomic E-state index is 0. The molecule has 0 radical (unpaired) electrons. The number of nitrogens with one attached hydrogen (secondary N) is 1. The third-order valence-electron chi connectivity index (χ3n) is 6.75. The summed E-state index contributed by atoms with van der Waals surface area (Å²) in [6.07, 6.45) is 8.73. The number of guanidine groups is 1. The summed E-state index contributed by atoms with van der Waals surface area (Å²) in [5.74, 6) is 3.20. The van der Waals surface area contributed by atoms with Crippen LogP contribution in [0.3, 0.4) is 0 Å². The van der Waals surface area contributed by atoms with Gasteiger partial charge in [-0.3, -0.25) is 4.79 Å². The highest BCUT2D eigenvalue weighted by molar-refractivity contribution is 14.0. The van der Waals surface area contributed by atoms with Gasteiger partial charge in [-0.1, -0.05) is 19.8 Å². The van der Waals surface area contributed by atoms with E-state index in [1.54, 1.807) is 19.0 Å². The Morgan fingerprint density at radius 2 is 1.82 bits per heavy atom. The summed E-state index contributed by atoms with van der Waals surface area (Å²) < 4.78 is 5.54.